The zero-order valence-corrected chi connectivity index (χ0v) is 19.5. The van der Waals surface area contributed by atoms with Gasteiger partial charge < -0.3 is 19.7 Å². The van der Waals surface area contributed by atoms with Gasteiger partial charge in [-0.05, 0) is 73.7 Å². The Balaban J connectivity index is 1.54. The first-order chi connectivity index (χ1) is 14.7. The maximum Gasteiger partial charge on any atom is 0.265 e. The molecule has 0 radical (unpaired) electrons. The van der Waals surface area contributed by atoms with E-state index in [-0.39, 0.29) is 17.4 Å². The van der Waals surface area contributed by atoms with E-state index in [4.69, 9.17) is 9.47 Å². The summed E-state index contributed by atoms with van der Waals surface area (Å²) >= 11 is 0. The monoisotopic (exact) mass is 424 g/mol. The van der Waals surface area contributed by atoms with E-state index in [0.717, 1.165) is 37.4 Å². The maximum atomic E-state index is 12.7. The van der Waals surface area contributed by atoms with Gasteiger partial charge in [-0.1, -0.05) is 39.8 Å². The highest BCUT2D eigenvalue weighted by molar-refractivity contribution is 5.94. The van der Waals surface area contributed by atoms with Gasteiger partial charge in [0.15, 0.2) is 6.10 Å². The van der Waals surface area contributed by atoms with Crippen LogP contribution in [0.2, 0.25) is 0 Å². The summed E-state index contributed by atoms with van der Waals surface area (Å²) < 4.78 is 12.0. The number of nitrogens with zero attached hydrogens (tertiary/aromatic N) is 1. The minimum Gasteiger partial charge on any atom is -0.490 e. The average molecular weight is 425 g/mol. The lowest BCUT2D eigenvalue weighted by atomic mass is 9.87. The Hall–Kier alpha value is -2.53. The van der Waals surface area contributed by atoms with E-state index in [1.54, 1.807) is 0 Å². The molecule has 0 bridgehead atoms. The number of anilines is 1. The van der Waals surface area contributed by atoms with Gasteiger partial charge in [-0.15, -0.1) is 0 Å². The molecule has 31 heavy (non-hydrogen) atoms. The summed E-state index contributed by atoms with van der Waals surface area (Å²) in [7, 11) is 2.14. The van der Waals surface area contributed by atoms with Crippen LogP contribution >= 0.6 is 0 Å². The van der Waals surface area contributed by atoms with Gasteiger partial charge in [0, 0.05) is 18.8 Å². The second-order valence-electron chi connectivity index (χ2n) is 9.42. The Kier molecular flexibility index (Phi) is 7.60. The van der Waals surface area contributed by atoms with Crippen LogP contribution in [0.4, 0.5) is 5.69 Å². The van der Waals surface area contributed by atoms with E-state index in [0.29, 0.717) is 12.2 Å². The van der Waals surface area contributed by atoms with Crippen molar-refractivity contribution in [2.75, 3.05) is 25.5 Å². The Morgan fingerprint density at radius 1 is 1.03 bits per heavy atom. The molecule has 0 aliphatic carbocycles. The summed E-state index contributed by atoms with van der Waals surface area (Å²) in [5, 5.41) is 2.96. The summed E-state index contributed by atoms with van der Waals surface area (Å²) in [4.78, 5) is 15.1. The number of benzene rings is 2. The first-order valence-electron chi connectivity index (χ1n) is 11.3. The van der Waals surface area contributed by atoms with Gasteiger partial charge in [-0.25, -0.2) is 0 Å². The zero-order chi connectivity index (χ0) is 22.4. The van der Waals surface area contributed by atoms with E-state index in [9.17, 15) is 4.79 Å². The van der Waals surface area contributed by atoms with Crippen LogP contribution in [0.3, 0.4) is 0 Å². The van der Waals surface area contributed by atoms with E-state index < -0.39 is 6.10 Å². The molecule has 0 saturated carbocycles. The van der Waals surface area contributed by atoms with Crippen molar-refractivity contribution in [3.8, 4) is 11.5 Å². The number of ether oxygens (including phenoxy) is 2. The molecule has 2 aromatic rings. The number of rotatable bonds is 7. The van der Waals surface area contributed by atoms with Crippen LogP contribution in [0.15, 0.2) is 48.5 Å². The summed E-state index contributed by atoms with van der Waals surface area (Å²) in [5.74, 6) is 1.40. The van der Waals surface area contributed by atoms with Crippen LogP contribution in [-0.2, 0) is 10.2 Å². The quantitative estimate of drug-likeness (QED) is 0.659. The van der Waals surface area contributed by atoms with Gasteiger partial charge in [0.05, 0.1) is 0 Å². The smallest absolute Gasteiger partial charge is 0.265 e. The molecule has 1 N–H and O–H groups in total. The van der Waals surface area contributed by atoms with Crippen molar-refractivity contribution in [3.63, 3.8) is 0 Å². The molecule has 1 aliphatic rings. The van der Waals surface area contributed by atoms with Crippen LogP contribution in [-0.4, -0.2) is 43.2 Å². The molecule has 1 fully saturated rings. The summed E-state index contributed by atoms with van der Waals surface area (Å²) in [6.07, 6.45) is 2.39. The Labute approximate surface area is 186 Å². The zero-order valence-electron chi connectivity index (χ0n) is 19.5. The number of carbonyl (C=O) groups is 1. The molecule has 1 heterocycles. The molecular weight excluding hydrogens is 388 g/mol. The standard InChI is InChI=1S/C26H36N2O3/c1-6-24(31-22-11-7-19(8-12-22)26(2,3)4)25(29)27-20-9-13-21(14-10-20)30-23-15-17-28(5)18-16-23/h7-14,23-24H,6,15-18H2,1-5H3,(H,27,29)/t24-/m1/s1. The van der Waals surface area contributed by atoms with Crippen LogP contribution in [0, 0.1) is 0 Å². The minimum absolute atomic E-state index is 0.0866. The Morgan fingerprint density at radius 2 is 1.61 bits per heavy atom. The molecule has 3 rings (SSSR count). The highest BCUT2D eigenvalue weighted by Crippen LogP contribution is 2.25. The number of hydrogen-bond acceptors (Lipinski definition) is 4. The topological polar surface area (TPSA) is 50.8 Å². The molecule has 168 valence electrons. The van der Waals surface area contributed by atoms with E-state index >= 15 is 0 Å². The highest BCUT2D eigenvalue weighted by atomic mass is 16.5. The Morgan fingerprint density at radius 3 is 2.16 bits per heavy atom. The predicted molar refractivity (Wildman–Crippen MR) is 126 cm³/mol. The number of carbonyl (C=O) groups excluding carboxylic acids is 1. The number of nitrogens with one attached hydrogen (secondary N) is 1. The molecule has 1 amide bonds. The fourth-order valence-corrected chi connectivity index (χ4v) is 3.65. The third-order valence-electron chi connectivity index (χ3n) is 5.75. The number of hydrogen-bond donors (Lipinski definition) is 1. The lowest BCUT2D eigenvalue weighted by Gasteiger charge is -2.29. The van der Waals surface area contributed by atoms with Crippen LogP contribution in [0.25, 0.3) is 0 Å². The largest absolute Gasteiger partial charge is 0.490 e. The minimum atomic E-state index is -0.546. The molecule has 5 nitrogen and oxygen atoms in total. The SMILES string of the molecule is CC[C@@H](Oc1ccc(C(C)(C)C)cc1)C(=O)Nc1ccc(OC2CCN(C)CC2)cc1. The van der Waals surface area contributed by atoms with Crippen LogP contribution < -0.4 is 14.8 Å². The summed E-state index contributed by atoms with van der Waals surface area (Å²) in [5.41, 5.74) is 2.06. The number of likely N-dealkylation sites (tertiary alicyclic amines) is 1. The molecule has 1 atom stereocenters. The van der Waals surface area contributed by atoms with Gasteiger partial charge in [-0.2, -0.15) is 0 Å². The third-order valence-corrected chi connectivity index (χ3v) is 5.75. The molecule has 0 unspecified atom stereocenters. The lowest BCUT2D eigenvalue weighted by Crippen LogP contribution is -2.35. The summed E-state index contributed by atoms with van der Waals surface area (Å²) in [6.45, 7) is 10.6. The third kappa shape index (κ3) is 6.73. The first kappa shape index (κ1) is 23.1. The normalized spacial score (nSPS) is 16.5. The van der Waals surface area contributed by atoms with Gasteiger partial charge in [0.1, 0.15) is 17.6 Å². The van der Waals surface area contributed by atoms with Gasteiger partial charge in [0.2, 0.25) is 0 Å². The van der Waals surface area contributed by atoms with E-state index in [1.165, 1.54) is 5.56 Å². The van der Waals surface area contributed by atoms with Gasteiger partial charge in [-0.3, -0.25) is 4.79 Å². The molecule has 1 aliphatic heterocycles. The van der Waals surface area contributed by atoms with Crippen LogP contribution in [0.1, 0.15) is 52.5 Å². The van der Waals surface area contributed by atoms with Crippen molar-refractivity contribution in [1.82, 2.24) is 4.90 Å². The predicted octanol–water partition coefficient (Wildman–Crippen LogP) is 5.25. The van der Waals surface area contributed by atoms with Gasteiger partial charge in [0.25, 0.3) is 5.91 Å². The highest BCUT2D eigenvalue weighted by Gasteiger charge is 2.20. The molecule has 0 spiro atoms. The molecule has 2 aromatic carbocycles. The average Bonchev–Trinajstić information content (AvgIpc) is 2.74. The Bertz CT molecular complexity index is 832. The number of amides is 1. The van der Waals surface area contributed by atoms with Crippen molar-refractivity contribution in [3.05, 3.63) is 54.1 Å². The molecule has 0 aromatic heterocycles. The van der Waals surface area contributed by atoms with E-state index in [1.807, 2.05) is 43.3 Å². The summed E-state index contributed by atoms with van der Waals surface area (Å²) in [6, 6.07) is 15.6. The number of piperidine rings is 1. The van der Waals surface area contributed by atoms with Gasteiger partial charge >= 0.3 is 0 Å². The maximum absolute atomic E-state index is 12.7. The fourth-order valence-electron chi connectivity index (χ4n) is 3.65. The second-order valence-corrected chi connectivity index (χ2v) is 9.42. The molecule has 5 heteroatoms. The van der Waals surface area contributed by atoms with Crippen molar-refractivity contribution < 1.29 is 14.3 Å². The molecule has 1 saturated heterocycles. The second kappa shape index (κ2) is 10.2. The van der Waals surface area contributed by atoms with Crippen molar-refractivity contribution in [2.45, 2.75) is 64.6 Å². The first-order valence-corrected chi connectivity index (χ1v) is 11.3. The van der Waals surface area contributed by atoms with Crippen LogP contribution in [0.5, 0.6) is 11.5 Å². The molecular formula is C26H36N2O3. The van der Waals surface area contributed by atoms with Crippen molar-refractivity contribution in [1.29, 1.82) is 0 Å². The lowest BCUT2D eigenvalue weighted by molar-refractivity contribution is -0.122. The van der Waals surface area contributed by atoms with Crippen molar-refractivity contribution >= 4 is 11.6 Å². The van der Waals surface area contributed by atoms with Crippen molar-refractivity contribution in [2.24, 2.45) is 0 Å². The fraction of sp³-hybridized carbons (Fsp3) is 0.500. The van der Waals surface area contributed by atoms with E-state index in [2.05, 4.69) is 50.2 Å².